The van der Waals surface area contributed by atoms with Crippen LogP contribution in [0.1, 0.15) is 6.92 Å². The molecule has 1 unspecified atom stereocenters. The number of benzene rings is 1. The average molecular weight is 244 g/mol. The van der Waals surface area contributed by atoms with Crippen molar-refractivity contribution in [3.63, 3.8) is 0 Å². The number of nitrogens with one attached hydrogen (secondary N) is 1. The molecule has 80 valence electrons. The molecule has 0 aliphatic carbocycles. The van der Waals surface area contributed by atoms with Gasteiger partial charge in [0.15, 0.2) is 0 Å². The zero-order valence-corrected chi connectivity index (χ0v) is 9.77. The molecular weight excluding hydrogens is 233 g/mol. The average Bonchev–Trinajstić information content (AvgIpc) is 2.20. The number of carbonyl (C=O) groups excluding carboxylic acids is 1. The zero-order chi connectivity index (χ0) is 11.4. The highest BCUT2D eigenvalue weighted by atomic mass is 35.5. The first-order chi connectivity index (χ1) is 7.04. The van der Waals surface area contributed by atoms with Gasteiger partial charge in [-0.1, -0.05) is 36.2 Å². The van der Waals surface area contributed by atoms with Crippen LogP contribution in [0.4, 0.5) is 5.69 Å². The molecular formula is C11H11Cl2NO. The number of amides is 1. The van der Waals surface area contributed by atoms with Crippen molar-refractivity contribution in [3.05, 3.63) is 40.9 Å². The van der Waals surface area contributed by atoms with Crippen LogP contribution in [0.5, 0.6) is 0 Å². The first-order valence-electron chi connectivity index (χ1n) is 4.43. The smallest absolute Gasteiger partial charge is 0.231 e. The van der Waals surface area contributed by atoms with Gasteiger partial charge in [-0.25, -0.2) is 0 Å². The van der Waals surface area contributed by atoms with Crippen LogP contribution in [-0.4, -0.2) is 5.91 Å². The monoisotopic (exact) mass is 243 g/mol. The van der Waals surface area contributed by atoms with Gasteiger partial charge >= 0.3 is 0 Å². The second-order valence-electron chi connectivity index (χ2n) is 3.14. The molecule has 0 radical (unpaired) electrons. The quantitative estimate of drug-likeness (QED) is 0.806. The lowest BCUT2D eigenvalue weighted by atomic mass is 10.1. The molecule has 1 amide bonds. The first kappa shape index (κ1) is 12.1. The Hall–Kier alpha value is -0.990. The van der Waals surface area contributed by atoms with Crippen LogP contribution < -0.4 is 5.32 Å². The number of halogens is 2. The van der Waals surface area contributed by atoms with Gasteiger partial charge < -0.3 is 5.32 Å². The predicted octanol–water partition coefficient (Wildman–Crippen LogP) is 3.75. The molecule has 2 nitrogen and oxygen atoms in total. The van der Waals surface area contributed by atoms with E-state index in [1.165, 1.54) is 0 Å². The van der Waals surface area contributed by atoms with Crippen molar-refractivity contribution in [2.75, 3.05) is 5.32 Å². The molecule has 15 heavy (non-hydrogen) atoms. The lowest BCUT2D eigenvalue weighted by Gasteiger charge is -2.09. The Morgan fingerprint density at radius 2 is 2.20 bits per heavy atom. The van der Waals surface area contributed by atoms with Crippen LogP contribution in [0.3, 0.4) is 0 Å². The van der Waals surface area contributed by atoms with E-state index in [2.05, 4.69) is 11.9 Å². The normalized spacial score (nSPS) is 11.9. The predicted molar refractivity (Wildman–Crippen MR) is 64.5 cm³/mol. The van der Waals surface area contributed by atoms with E-state index < -0.39 is 0 Å². The molecule has 0 aromatic heterocycles. The van der Waals surface area contributed by atoms with E-state index in [-0.39, 0.29) is 11.8 Å². The van der Waals surface area contributed by atoms with Crippen LogP contribution in [0.2, 0.25) is 10.0 Å². The fourth-order valence-corrected chi connectivity index (χ4v) is 1.40. The molecule has 1 N–H and O–H groups in total. The second-order valence-corrected chi connectivity index (χ2v) is 3.98. The largest absolute Gasteiger partial charge is 0.324 e. The van der Waals surface area contributed by atoms with Crippen LogP contribution in [0.25, 0.3) is 0 Å². The van der Waals surface area contributed by atoms with Gasteiger partial charge in [0.05, 0.1) is 16.6 Å². The van der Waals surface area contributed by atoms with Gasteiger partial charge in [-0.2, -0.15) is 0 Å². The topological polar surface area (TPSA) is 29.1 Å². The van der Waals surface area contributed by atoms with Crippen molar-refractivity contribution in [2.45, 2.75) is 6.92 Å². The highest BCUT2D eigenvalue weighted by Crippen LogP contribution is 2.25. The van der Waals surface area contributed by atoms with E-state index in [0.29, 0.717) is 15.7 Å². The summed E-state index contributed by atoms with van der Waals surface area (Å²) in [5.41, 5.74) is 0.555. The fraction of sp³-hybridized carbons (Fsp3) is 0.182. The van der Waals surface area contributed by atoms with Crippen LogP contribution in [0, 0.1) is 5.92 Å². The van der Waals surface area contributed by atoms with Gasteiger partial charge in [0.1, 0.15) is 0 Å². The van der Waals surface area contributed by atoms with Gasteiger partial charge in [-0.15, -0.1) is 6.58 Å². The molecule has 1 aromatic rings. The van der Waals surface area contributed by atoms with E-state index in [1.807, 2.05) is 0 Å². The number of hydrogen-bond acceptors (Lipinski definition) is 1. The molecule has 0 aliphatic heterocycles. The summed E-state index contributed by atoms with van der Waals surface area (Å²) >= 11 is 11.6. The minimum atomic E-state index is -0.253. The van der Waals surface area contributed by atoms with Crippen molar-refractivity contribution in [2.24, 2.45) is 5.92 Å². The third-order valence-corrected chi connectivity index (χ3v) is 2.50. The first-order valence-corrected chi connectivity index (χ1v) is 5.18. The summed E-state index contributed by atoms with van der Waals surface area (Å²) in [4.78, 5) is 11.5. The molecule has 4 heteroatoms. The summed E-state index contributed by atoms with van der Waals surface area (Å²) in [5.74, 6) is -0.397. The summed E-state index contributed by atoms with van der Waals surface area (Å²) in [5, 5.41) is 3.65. The lowest BCUT2D eigenvalue weighted by molar-refractivity contribution is -0.118. The SMILES string of the molecule is C=CC(C)C(=O)Nc1ccc(Cl)cc1Cl. The summed E-state index contributed by atoms with van der Waals surface area (Å²) in [6.45, 7) is 5.30. The van der Waals surface area contributed by atoms with Gasteiger partial charge in [0.25, 0.3) is 0 Å². The minimum Gasteiger partial charge on any atom is -0.324 e. The molecule has 0 saturated carbocycles. The standard InChI is InChI=1S/C11H11Cl2NO/c1-3-7(2)11(15)14-10-5-4-8(12)6-9(10)13/h3-7H,1H2,2H3,(H,14,15). The van der Waals surface area contributed by atoms with Crippen LogP contribution in [-0.2, 0) is 4.79 Å². The Morgan fingerprint density at radius 3 is 2.73 bits per heavy atom. The maximum atomic E-state index is 11.5. The number of hydrogen-bond donors (Lipinski definition) is 1. The Morgan fingerprint density at radius 1 is 1.53 bits per heavy atom. The summed E-state index contributed by atoms with van der Waals surface area (Å²) in [6, 6.07) is 4.91. The Labute approximate surface area is 98.9 Å². The van der Waals surface area contributed by atoms with Gasteiger partial charge in [0.2, 0.25) is 5.91 Å². The van der Waals surface area contributed by atoms with Crippen molar-refractivity contribution in [1.29, 1.82) is 0 Å². The van der Waals surface area contributed by atoms with Crippen LogP contribution in [0.15, 0.2) is 30.9 Å². The lowest BCUT2D eigenvalue weighted by Crippen LogP contribution is -2.18. The van der Waals surface area contributed by atoms with E-state index in [4.69, 9.17) is 23.2 Å². The second kappa shape index (κ2) is 5.19. The molecule has 0 fully saturated rings. The highest BCUT2D eigenvalue weighted by Gasteiger charge is 2.10. The van der Waals surface area contributed by atoms with Crippen molar-refractivity contribution in [1.82, 2.24) is 0 Å². The van der Waals surface area contributed by atoms with E-state index in [9.17, 15) is 4.79 Å². The highest BCUT2D eigenvalue weighted by molar-refractivity contribution is 6.36. The van der Waals surface area contributed by atoms with Crippen molar-refractivity contribution >= 4 is 34.8 Å². The van der Waals surface area contributed by atoms with E-state index in [0.717, 1.165) is 0 Å². The molecule has 0 heterocycles. The Kier molecular flexibility index (Phi) is 4.18. The molecule has 1 rings (SSSR count). The Bertz CT molecular complexity index is 390. The van der Waals surface area contributed by atoms with Crippen molar-refractivity contribution in [3.8, 4) is 0 Å². The third-order valence-electron chi connectivity index (χ3n) is 1.96. The molecule has 0 spiro atoms. The number of carbonyl (C=O) groups is 1. The maximum absolute atomic E-state index is 11.5. The molecule has 0 saturated heterocycles. The number of anilines is 1. The molecule has 1 aromatic carbocycles. The number of rotatable bonds is 3. The van der Waals surface area contributed by atoms with E-state index in [1.54, 1.807) is 31.2 Å². The fourth-order valence-electron chi connectivity index (χ4n) is 0.944. The summed E-state index contributed by atoms with van der Waals surface area (Å²) < 4.78 is 0. The Balaban J connectivity index is 2.81. The third kappa shape index (κ3) is 3.26. The summed E-state index contributed by atoms with van der Waals surface area (Å²) in [6.07, 6.45) is 1.57. The molecule has 0 aliphatic rings. The molecule has 0 bridgehead atoms. The van der Waals surface area contributed by atoms with E-state index >= 15 is 0 Å². The van der Waals surface area contributed by atoms with Gasteiger partial charge in [-0.3, -0.25) is 4.79 Å². The maximum Gasteiger partial charge on any atom is 0.231 e. The van der Waals surface area contributed by atoms with Gasteiger partial charge in [-0.05, 0) is 18.2 Å². The zero-order valence-electron chi connectivity index (χ0n) is 8.26. The summed E-state index contributed by atoms with van der Waals surface area (Å²) in [7, 11) is 0. The molecule has 1 atom stereocenters. The van der Waals surface area contributed by atoms with Crippen LogP contribution >= 0.6 is 23.2 Å². The van der Waals surface area contributed by atoms with Crippen molar-refractivity contribution < 1.29 is 4.79 Å². The minimum absolute atomic E-state index is 0.144. The van der Waals surface area contributed by atoms with Gasteiger partial charge in [0, 0.05) is 5.02 Å².